The fourth-order valence-corrected chi connectivity index (χ4v) is 3.69. The Hall–Kier alpha value is -2.79. The molecule has 0 aliphatic carbocycles. The third-order valence-corrected chi connectivity index (χ3v) is 5.04. The first-order chi connectivity index (χ1) is 12.4. The van der Waals surface area contributed by atoms with Crippen LogP contribution in [0.5, 0.6) is 0 Å². The van der Waals surface area contributed by atoms with Crippen molar-refractivity contribution in [2.75, 3.05) is 0 Å². The first-order valence-corrected chi connectivity index (χ1v) is 8.67. The first-order valence-electron chi connectivity index (χ1n) is 8.29. The molecule has 0 saturated heterocycles. The molecule has 0 spiro atoms. The number of aryl methyl sites for hydroxylation is 4. The quantitative estimate of drug-likeness (QED) is 0.555. The van der Waals surface area contributed by atoms with Crippen LogP contribution in [-0.2, 0) is 7.05 Å². The highest BCUT2D eigenvalue weighted by atomic mass is 35.5. The summed E-state index contributed by atoms with van der Waals surface area (Å²) in [5.41, 5.74) is 7.18. The molecule has 4 aromatic rings. The number of nitrogens with one attached hydrogen (secondary N) is 1. The molecule has 132 valence electrons. The third kappa shape index (κ3) is 2.47. The molecule has 2 heterocycles. The fraction of sp³-hybridized carbons (Fsp3) is 0.200. The fourth-order valence-electron chi connectivity index (χ4n) is 3.52. The lowest BCUT2D eigenvalue weighted by atomic mass is 9.94. The SMILES string of the molecule is Cc1ccc(Cl)cc1-c1cc(-c2c(C)noc2C)cc2[nH]c(=O)n(C)c12. The van der Waals surface area contributed by atoms with Crippen molar-refractivity contribution in [3.63, 3.8) is 0 Å². The molecule has 1 N–H and O–H groups in total. The number of nitrogens with zero attached hydrogens (tertiary/aromatic N) is 2. The van der Waals surface area contributed by atoms with E-state index in [0.717, 1.165) is 50.3 Å². The number of hydrogen-bond acceptors (Lipinski definition) is 3. The molecule has 0 aliphatic heterocycles. The number of aromatic amines is 1. The Bertz CT molecular complexity index is 1190. The number of imidazole rings is 1. The van der Waals surface area contributed by atoms with Crippen LogP contribution in [0.15, 0.2) is 39.6 Å². The van der Waals surface area contributed by atoms with Gasteiger partial charge in [0.1, 0.15) is 5.76 Å². The van der Waals surface area contributed by atoms with Gasteiger partial charge in [0.2, 0.25) is 0 Å². The Labute approximate surface area is 155 Å². The number of halogens is 1. The van der Waals surface area contributed by atoms with E-state index in [4.69, 9.17) is 16.1 Å². The van der Waals surface area contributed by atoms with E-state index in [1.165, 1.54) is 0 Å². The molecule has 26 heavy (non-hydrogen) atoms. The summed E-state index contributed by atoms with van der Waals surface area (Å²) in [6.45, 7) is 5.83. The van der Waals surface area contributed by atoms with Crippen LogP contribution < -0.4 is 5.69 Å². The lowest BCUT2D eigenvalue weighted by Gasteiger charge is -2.12. The Kier molecular flexibility index (Phi) is 3.77. The van der Waals surface area contributed by atoms with Crippen molar-refractivity contribution in [2.24, 2.45) is 7.05 Å². The molecule has 0 amide bonds. The Morgan fingerprint density at radius 2 is 1.88 bits per heavy atom. The molecule has 0 unspecified atom stereocenters. The van der Waals surface area contributed by atoms with Gasteiger partial charge in [-0.15, -0.1) is 0 Å². The second kappa shape index (κ2) is 5.88. The number of aromatic nitrogens is 3. The van der Waals surface area contributed by atoms with Crippen molar-refractivity contribution in [3.05, 3.63) is 62.9 Å². The summed E-state index contributed by atoms with van der Waals surface area (Å²) in [5.74, 6) is 0.744. The number of hydrogen-bond donors (Lipinski definition) is 1. The lowest BCUT2D eigenvalue weighted by molar-refractivity contribution is 0.393. The molecule has 0 radical (unpaired) electrons. The molecule has 0 aliphatic rings. The zero-order chi connectivity index (χ0) is 18.6. The summed E-state index contributed by atoms with van der Waals surface area (Å²) in [4.78, 5) is 15.2. The van der Waals surface area contributed by atoms with Gasteiger partial charge in [0, 0.05) is 23.2 Å². The van der Waals surface area contributed by atoms with E-state index in [1.54, 1.807) is 11.6 Å². The zero-order valence-electron chi connectivity index (χ0n) is 15.0. The van der Waals surface area contributed by atoms with Crippen molar-refractivity contribution in [1.29, 1.82) is 0 Å². The average molecular weight is 368 g/mol. The highest BCUT2D eigenvalue weighted by Crippen LogP contribution is 2.37. The van der Waals surface area contributed by atoms with Crippen molar-refractivity contribution < 1.29 is 4.52 Å². The van der Waals surface area contributed by atoms with Gasteiger partial charge in [-0.2, -0.15) is 0 Å². The van der Waals surface area contributed by atoms with Crippen molar-refractivity contribution in [1.82, 2.24) is 14.7 Å². The van der Waals surface area contributed by atoms with Crippen LogP contribution in [0.25, 0.3) is 33.3 Å². The van der Waals surface area contributed by atoms with Gasteiger partial charge >= 0.3 is 5.69 Å². The van der Waals surface area contributed by atoms with Crippen LogP contribution in [-0.4, -0.2) is 14.7 Å². The second-order valence-corrected chi connectivity index (χ2v) is 7.00. The van der Waals surface area contributed by atoms with Crippen LogP contribution in [0, 0.1) is 20.8 Å². The normalized spacial score (nSPS) is 11.4. The molecular formula is C20H18ClN3O2. The van der Waals surface area contributed by atoms with Gasteiger partial charge in [0.15, 0.2) is 0 Å². The van der Waals surface area contributed by atoms with E-state index in [2.05, 4.69) is 16.2 Å². The van der Waals surface area contributed by atoms with Crippen LogP contribution >= 0.6 is 11.6 Å². The molecule has 5 nitrogen and oxygen atoms in total. The van der Waals surface area contributed by atoms with Crippen molar-refractivity contribution in [2.45, 2.75) is 20.8 Å². The summed E-state index contributed by atoms with van der Waals surface area (Å²) < 4.78 is 6.96. The maximum Gasteiger partial charge on any atom is 0.326 e. The number of fused-ring (bicyclic) bond motifs is 1. The van der Waals surface area contributed by atoms with Crippen LogP contribution in [0.2, 0.25) is 5.02 Å². The second-order valence-electron chi connectivity index (χ2n) is 6.57. The minimum atomic E-state index is -0.156. The first kappa shape index (κ1) is 16.7. The standard InChI is InChI=1S/C20H18ClN3O2/c1-10-5-6-14(21)9-15(10)16-7-13(18-11(2)23-26-12(18)3)8-17-19(16)24(4)20(25)22-17/h5-9H,1-4H3,(H,22,25). The highest BCUT2D eigenvalue weighted by molar-refractivity contribution is 6.31. The monoisotopic (exact) mass is 367 g/mol. The number of benzene rings is 2. The predicted molar refractivity (Wildman–Crippen MR) is 104 cm³/mol. The van der Waals surface area contributed by atoms with Gasteiger partial charge in [0.25, 0.3) is 0 Å². The Morgan fingerprint density at radius 1 is 1.12 bits per heavy atom. The molecule has 0 bridgehead atoms. The molecule has 0 atom stereocenters. The van der Waals surface area contributed by atoms with Gasteiger partial charge in [0.05, 0.1) is 16.7 Å². The molecule has 2 aromatic carbocycles. The smallest absolute Gasteiger partial charge is 0.326 e. The van der Waals surface area contributed by atoms with E-state index in [9.17, 15) is 4.79 Å². The maximum absolute atomic E-state index is 12.3. The van der Waals surface area contributed by atoms with Gasteiger partial charge in [-0.3, -0.25) is 4.57 Å². The van der Waals surface area contributed by atoms with Gasteiger partial charge in [-0.25, -0.2) is 4.79 Å². The van der Waals surface area contributed by atoms with Crippen molar-refractivity contribution in [3.8, 4) is 22.3 Å². The predicted octanol–water partition coefficient (Wildman–Crippen LogP) is 4.77. The summed E-state index contributed by atoms with van der Waals surface area (Å²) in [5, 5.41) is 4.71. The van der Waals surface area contributed by atoms with E-state index in [-0.39, 0.29) is 5.69 Å². The molecule has 4 rings (SSSR count). The summed E-state index contributed by atoms with van der Waals surface area (Å²) in [6, 6.07) is 9.82. The van der Waals surface area contributed by atoms with E-state index >= 15 is 0 Å². The largest absolute Gasteiger partial charge is 0.361 e. The average Bonchev–Trinajstić information content (AvgIpc) is 3.08. The summed E-state index contributed by atoms with van der Waals surface area (Å²) in [7, 11) is 1.76. The summed E-state index contributed by atoms with van der Waals surface area (Å²) >= 11 is 6.25. The molecule has 0 saturated carbocycles. The minimum Gasteiger partial charge on any atom is -0.361 e. The molecular weight excluding hydrogens is 350 g/mol. The molecule has 0 fully saturated rings. The van der Waals surface area contributed by atoms with Crippen LogP contribution in [0.4, 0.5) is 0 Å². The van der Waals surface area contributed by atoms with E-state index < -0.39 is 0 Å². The summed E-state index contributed by atoms with van der Waals surface area (Å²) in [6.07, 6.45) is 0. The number of rotatable bonds is 2. The third-order valence-electron chi connectivity index (χ3n) is 4.80. The van der Waals surface area contributed by atoms with Gasteiger partial charge in [-0.05, 0) is 61.7 Å². The van der Waals surface area contributed by atoms with Crippen molar-refractivity contribution >= 4 is 22.6 Å². The van der Waals surface area contributed by atoms with E-state index in [0.29, 0.717) is 5.02 Å². The Morgan fingerprint density at radius 3 is 2.58 bits per heavy atom. The molecule has 6 heteroatoms. The lowest BCUT2D eigenvalue weighted by Crippen LogP contribution is -2.12. The van der Waals surface area contributed by atoms with Gasteiger partial charge in [-0.1, -0.05) is 22.8 Å². The highest BCUT2D eigenvalue weighted by Gasteiger charge is 2.18. The van der Waals surface area contributed by atoms with Crippen LogP contribution in [0.1, 0.15) is 17.0 Å². The Balaban J connectivity index is 2.14. The zero-order valence-corrected chi connectivity index (χ0v) is 15.7. The van der Waals surface area contributed by atoms with Crippen LogP contribution in [0.3, 0.4) is 0 Å². The minimum absolute atomic E-state index is 0.156. The number of H-pyrrole nitrogens is 1. The topological polar surface area (TPSA) is 63.8 Å². The van der Waals surface area contributed by atoms with E-state index in [1.807, 2.05) is 45.0 Å². The molecule has 2 aromatic heterocycles. The maximum atomic E-state index is 12.3. The van der Waals surface area contributed by atoms with Gasteiger partial charge < -0.3 is 9.51 Å².